The van der Waals surface area contributed by atoms with E-state index in [4.69, 9.17) is 39.5 Å². The summed E-state index contributed by atoms with van der Waals surface area (Å²) in [4.78, 5) is 24.6. The molecule has 1 aliphatic heterocycles. The minimum absolute atomic E-state index is 0.00472. The second-order valence-electron chi connectivity index (χ2n) is 5.18. The predicted octanol–water partition coefficient (Wildman–Crippen LogP) is 3.71. The zero-order chi connectivity index (χ0) is 18.6. The summed E-state index contributed by atoms with van der Waals surface area (Å²) in [7, 11) is 1.12. The Morgan fingerprint density at radius 2 is 1.79 bits per heavy atom. The molecule has 1 N–H and O–H groups in total. The van der Waals surface area contributed by atoms with Crippen LogP contribution in [0.3, 0.4) is 0 Å². The van der Waals surface area contributed by atoms with Crippen molar-refractivity contribution in [2.45, 2.75) is 26.9 Å². The maximum atomic E-state index is 13.4. The molecule has 1 atom stereocenters. The van der Waals surface area contributed by atoms with E-state index in [1.54, 1.807) is 13.8 Å². The summed E-state index contributed by atoms with van der Waals surface area (Å²) >= 11 is 17.6. The van der Waals surface area contributed by atoms with E-state index in [1.165, 1.54) is 6.92 Å². The zero-order valence-corrected chi connectivity index (χ0v) is 15.8. The minimum Gasteiger partial charge on any atom is -0.466 e. The summed E-state index contributed by atoms with van der Waals surface area (Å²) in [5.74, 6) is -2.79. The van der Waals surface area contributed by atoms with Crippen molar-refractivity contribution in [3.05, 3.63) is 32.1 Å². The lowest BCUT2D eigenvalue weighted by atomic mass is 9.85. The second kappa shape index (κ2) is 8.74. The second-order valence-corrected chi connectivity index (χ2v) is 6.53. The molecule has 0 amide bonds. The first kappa shape index (κ1) is 20.8. The first-order valence-electron chi connectivity index (χ1n) is 6.92. The van der Waals surface area contributed by atoms with E-state index in [9.17, 15) is 14.0 Å². The number of ether oxygens (including phenoxy) is 2. The van der Waals surface area contributed by atoms with Gasteiger partial charge in [0.1, 0.15) is 11.2 Å². The minimum atomic E-state index is -1.19. The first-order valence-corrected chi connectivity index (χ1v) is 8.05. The third kappa shape index (κ3) is 4.43. The van der Waals surface area contributed by atoms with Gasteiger partial charge in [-0.15, -0.1) is 0 Å². The fourth-order valence-corrected chi connectivity index (χ4v) is 2.70. The van der Waals surface area contributed by atoms with Crippen LogP contribution < -0.4 is 5.32 Å². The van der Waals surface area contributed by atoms with Crippen LogP contribution in [0, 0.1) is 5.92 Å². The molecule has 1 unspecified atom stereocenters. The molecule has 0 aromatic rings. The molecule has 0 aromatic heterocycles. The van der Waals surface area contributed by atoms with Crippen molar-refractivity contribution in [1.29, 1.82) is 0 Å². The topological polar surface area (TPSA) is 64.6 Å². The van der Waals surface area contributed by atoms with Crippen molar-refractivity contribution in [2.24, 2.45) is 5.92 Å². The summed E-state index contributed by atoms with van der Waals surface area (Å²) in [5, 5.41) is 2.47. The molecule has 0 bridgehead atoms. The first-order chi connectivity index (χ1) is 11.1. The highest BCUT2D eigenvalue weighted by Gasteiger charge is 2.40. The Bertz CT molecular complexity index is 637. The van der Waals surface area contributed by atoms with E-state index in [-0.39, 0.29) is 32.1 Å². The maximum Gasteiger partial charge on any atom is 0.337 e. The molecule has 0 fully saturated rings. The van der Waals surface area contributed by atoms with Crippen molar-refractivity contribution >= 4 is 46.7 Å². The molecule has 0 saturated heterocycles. The molecule has 0 saturated carbocycles. The number of rotatable bonds is 5. The van der Waals surface area contributed by atoms with E-state index >= 15 is 0 Å². The van der Waals surface area contributed by atoms with Gasteiger partial charge in [0, 0.05) is 5.70 Å². The standard InChI is InChI=1S/C15H17Cl3FNO4/c1-6(2)24-15(22)9-7(3)20-8(5-19)10(14(21)23-4)11(9)12(16)13(17)18/h6,11,20H,5H2,1-4H3. The number of methoxy groups -OCH3 is 1. The number of hydrogen-bond acceptors (Lipinski definition) is 5. The normalized spacial score (nSPS) is 17.6. The SMILES string of the molecule is COC(=O)C1=C(CF)NC(C)=C(C(=O)OC(C)C)C1C(Cl)=C(Cl)Cl. The molecular formula is C15H17Cl3FNO4. The monoisotopic (exact) mass is 399 g/mol. The Balaban J connectivity index is 3.60. The molecule has 1 rings (SSSR count). The van der Waals surface area contributed by atoms with Gasteiger partial charge in [-0.25, -0.2) is 14.0 Å². The van der Waals surface area contributed by atoms with Crippen LogP contribution in [0.2, 0.25) is 0 Å². The number of carbonyl (C=O) groups is 2. The maximum absolute atomic E-state index is 13.4. The summed E-state index contributed by atoms with van der Waals surface area (Å²) in [5.41, 5.74) is 0.00655. The van der Waals surface area contributed by atoms with Crippen LogP contribution in [-0.4, -0.2) is 31.8 Å². The quantitative estimate of drug-likeness (QED) is 0.713. The summed E-state index contributed by atoms with van der Waals surface area (Å²) < 4.78 is 22.9. The van der Waals surface area contributed by atoms with Crippen LogP contribution in [-0.2, 0) is 19.1 Å². The number of halogens is 4. The van der Waals surface area contributed by atoms with Gasteiger partial charge in [0.05, 0.1) is 41.0 Å². The van der Waals surface area contributed by atoms with Crippen molar-refractivity contribution in [1.82, 2.24) is 5.32 Å². The zero-order valence-electron chi connectivity index (χ0n) is 13.5. The molecule has 0 radical (unpaired) electrons. The highest BCUT2D eigenvalue weighted by Crippen LogP contribution is 2.41. The largest absolute Gasteiger partial charge is 0.466 e. The van der Waals surface area contributed by atoms with Crippen molar-refractivity contribution in [3.63, 3.8) is 0 Å². The predicted molar refractivity (Wildman–Crippen MR) is 90.2 cm³/mol. The average molecular weight is 401 g/mol. The number of alkyl halides is 1. The van der Waals surface area contributed by atoms with Crippen molar-refractivity contribution in [2.75, 3.05) is 13.8 Å². The third-order valence-corrected chi connectivity index (χ3v) is 4.19. The van der Waals surface area contributed by atoms with Crippen LogP contribution in [0.15, 0.2) is 32.1 Å². The van der Waals surface area contributed by atoms with Gasteiger partial charge >= 0.3 is 11.9 Å². The van der Waals surface area contributed by atoms with Crippen molar-refractivity contribution in [3.8, 4) is 0 Å². The van der Waals surface area contributed by atoms with Crippen LogP contribution in [0.1, 0.15) is 20.8 Å². The Hall–Kier alpha value is -1.24. The number of allylic oxidation sites excluding steroid dienone is 3. The van der Waals surface area contributed by atoms with Crippen molar-refractivity contribution < 1.29 is 23.5 Å². The molecule has 1 heterocycles. The number of carbonyl (C=O) groups excluding carboxylic acids is 2. The van der Waals surface area contributed by atoms with E-state index < -0.39 is 30.6 Å². The molecule has 0 spiro atoms. The molecule has 5 nitrogen and oxygen atoms in total. The summed E-state index contributed by atoms with van der Waals surface area (Å²) in [6.07, 6.45) is -0.416. The number of hydrogen-bond donors (Lipinski definition) is 1. The number of esters is 2. The molecule has 9 heteroatoms. The van der Waals surface area contributed by atoms with Gasteiger partial charge in [-0.3, -0.25) is 0 Å². The number of dihydropyridines is 1. The van der Waals surface area contributed by atoms with E-state index in [1.807, 2.05) is 0 Å². The molecule has 0 aliphatic carbocycles. The van der Waals surface area contributed by atoms with Gasteiger partial charge < -0.3 is 14.8 Å². The fraction of sp³-hybridized carbons (Fsp3) is 0.467. The smallest absolute Gasteiger partial charge is 0.337 e. The number of nitrogens with one attached hydrogen (secondary N) is 1. The van der Waals surface area contributed by atoms with Crippen LogP contribution >= 0.6 is 34.8 Å². The highest BCUT2D eigenvalue weighted by molar-refractivity contribution is 6.59. The van der Waals surface area contributed by atoms with Gasteiger partial charge in [0.25, 0.3) is 0 Å². The van der Waals surface area contributed by atoms with Gasteiger partial charge in [-0.2, -0.15) is 0 Å². The lowest BCUT2D eigenvalue weighted by Crippen LogP contribution is -2.35. The molecule has 24 heavy (non-hydrogen) atoms. The molecule has 134 valence electrons. The lowest BCUT2D eigenvalue weighted by Gasteiger charge is -2.30. The Morgan fingerprint density at radius 3 is 2.21 bits per heavy atom. The van der Waals surface area contributed by atoms with E-state index in [0.29, 0.717) is 0 Å². The van der Waals surface area contributed by atoms with E-state index in [2.05, 4.69) is 10.1 Å². The molecule has 1 aliphatic rings. The summed E-state index contributed by atoms with van der Waals surface area (Å²) in [6, 6.07) is 0. The fourth-order valence-electron chi connectivity index (χ4n) is 2.26. The van der Waals surface area contributed by atoms with Gasteiger partial charge in [-0.05, 0) is 20.8 Å². The van der Waals surface area contributed by atoms with Gasteiger partial charge in [0.15, 0.2) is 0 Å². The Kier molecular flexibility index (Phi) is 7.57. The summed E-state index contributed by atoms with van der Waals surface area (Å²) in [6.45, 7) is 3.85. The van der Waals surface area contributed by atoms with Gasteiger partial charge in [-0.1, -0.05) is 34.8 Å². The Morgan fingerprint density at radius 1 is 1.21 bits per heavy atom. The van der Waals surface area contributed by atoms with E-state index in [0.717, 1.165) is 7.11 Å². The average Bonchev–Trinajstić information content (AvgIpc) is 2.51. The third-order valence-electron chi connectivity index (χ3n) is 3.18. The van der Waals surface area contributed by atoms with Crippen LogP contribution in [0.5, 0.6) is 0 Å². The highest BCUT2D eigenvalue weighted by atomic mass is 35.5. The Labute approximate surface area is 154 Å². The molecular weight excluding hydrogens is 384 g/mol. The van der Waals surface area contributed by atoms with Gasteiger partial charge in [0.2, 0.25) is 0 Å². The molecule has 0 aromatic carbocycles. The lowest BCUT2D eigenvalue weighted by molar-refractivity contribution is -0.143. The van der Waals surface area contributed by atoms with Crippen LogP contribution in [0.25, 0.3) is 0 Å². The van der Waals surface area contributed by atoms with Crippen LogP contribution in [0.4, 0.5) is 4.39 Å².